The zero-order chi connectivity index (χ0) is 18.2. The number of carboxylic acids is 2. The van der Waals surface area contributed by atoms with Crippen LogP contribution in [0.2, 0.25) is 0 Å². The maximum atomic E-state index is 11.9. The normalized spacial score (nSPS) is 14.2. The molecule has 12 heteroatoms. The monoisotopic (exact) mass is 350 g/mol. The maximum Gasteiger partial charge on any atom is 0.327 e. The van der Waals surface area contributed by atoms with Crippen molar-refractivity contribution < 1.29 is 34.2 Å². The molecule has 0 radical (unpaired) electrons. The molecule has 23 heavy (non-hydrogen) atoms. The van der Waals surface area contributed by atoms with Gasteiger partial charge in [0.2, 0.25) is 17.7 Å². The summed E-state index contributed by atoms with van der Waals surface area (Å²) in [4.78, 5) is 55.9. The Bertz CT molecular complexity index is 499. The van der Waals surface area contributed by atoms with E-state index in [9.17, 15) is 24.0 Å². The Balaban J connectivity index is 4.96. The molecule has 0 saturated heterocycles. The molecular weight excluding hydrogens is 332 g/mol. The molecule has 3 atom stereocenters. The van der Waals surface area contributed by atoms with Crippen LogP contribution < -0.4 is 22.1 Å². The van der Waals surface area contributed by atoms with E-state index >= 15 is 0 Å². The molecule has 0 fully saturated rings. The summed E-state index contributed by atoms with van der Waals surface area (Å²) in [6.07, 6.45) is -1.30. The van der Waals surface area contributed by atoms with Gasteiger partial charge in [-0.15, -0.1) is 0 Å². The number of carbonyl (C=O) groups excluding carboxylic acids is 3. The van der Waals surface area contributed by atoms with E-state index in [1.807, 2.05) is 0 Å². The maximum absolute atomic E-state index is 11.9. The number of nitrogens with one attached hydrogen (secondary N) is 2. The van der Waals surface area contributed by atoms with Gasteiger partial charge >= 0.3 is 11.9 Å². The Labute approximate surface area is 136 Å². The SMILES string of the molecule is NC(=O)CC(NC(=O)C(N)CC(=O)O)C(=O)NC(CS)C(=O)O. The number of amides is 3. The second-order valence-corrected chi connectivity index (χ2v) is 4.88. The Morgan fingerprint density at radius 2 is 1.48 bits per heavy atom. The summed E-state index contributed by atoms with van der Waals surface area (Å²) in [7, 11) is 0. The van der Waals surface area contributed by atoms with Crippen LogP contribution in [0.15, 0.2) is 0 Å². The molecule has 0 heterocycles. The number of carbonyl (C=O) groups is 5. The smallest absolute Gasteiger partial charge is 0.327 e. The minimum atomic E-state index is -1.48. The van der Waals surface area contributed by atoms with E-state index in [2.05, 4.69) is 23.3 Å². The zero-order valence-electron chi connectivity index (χ0n) is 11.9. The van der Waals surface area contributed by atoms with Crippen LogP contribution in [-0.2, 0) is 24.0 Å². The first kappa shape index (κ1) is 20.7. The number of thiol groups is 1. The fourth-order valence-electron chi connectivity index (χ4n) is 1.43. The van der Waals surface area contributed by atoms with Gasteiger partial charge in [0.05, 0.1) is 18.9 Å². The first-order valence-corrected chi connectivity index (χ1v) is 6.91. The van der Waals surface area contributed by atoms with Gasteiger partial charge in [-0.25, -0.2) is 4.79 Å². The lowest BCUT2D eigenvalue weighted by Crippen LogP contribution is -2.56. The molecule has 0 rings (SSSR count). The summed E-state index contributed by atoms with van der Waals surface area (Å²) in [6, 6.07) is -4.27. The first-order chi connectivity index (χ1) is 10.6. The minimum Gasteiger partial charge on any atom is -0.481 e. The van der Waals surface area contributed by atoms with Gasteiger partial charge in [0.1, 0.15) is 12.1 Å². The quantitative estimate of drug-likeness (QED) is 0.198. The summed E-state index contributed by atoms with van der Waals surface area (Å²) in [5, 5.41) is 21.5. The summed E-state index contributed by atoms with van der Waals surface area (Å²) >= 11 is 3.75. The predicted octanol–water partition coefficient (Wildman–Crippen LogP) is -3.35. The van der Waals surface area contributed by atoms with Crippen LogP contribution in [0.3, 0.4) is 0 Å². The largest absolute Gasteiger partial charge is 0.481 e. The summed E-state index contributed by atoms with van der Waals surface area (Å²) in [5.74, 6) is -5.83. The molecule has 0 spiro atoms. The van der Waals surface area contributed by atoms with Crippen LogP contribution in [0.4, 0.5) is 0 Å². The van der Waals surface area contributed by atoms with Crippen molar-refractivity contribution >= 4 is 42.3 Å². The van der Waals surface area contributed by atoms with Crippen LogP contribution in [0.1, 0.15) is 12.8 Å². The lowest BCUT2D eigenvalue weighted by atomic mass is 10.1. The van der Waals surface area contributed by atoms with Crippen molar-refractivity contribution in [1.29, 1.82) is 0 Å². The third-order valence-electron chi connectivity index (χ3n) is 2.57. The van der Waals surface area contributed by atoms with Crippen molar-refractivity contribution in [3.8, 4) is 0 Å². The van der Waals surface area contributed by atoms with Gasteiger partial charge in [0.15, 0.2) is 0 Å². The average molecular weight is 350 g/mol. The van der Waals surface area contributed by atoms with Crippen molar-refractivity contribution in [2.24, 2.45) is 11.5 Å². The molecular formula is C11H18N4O7S. The number of carboxylic acid groups (broad SMARTS) is 2. The van der Waals surface area contributed by atoms with Gasteiger partial charge in [-0.2, -0.15) is 12.6 Å². The number of primary amides is 1. The van der Waals surface area contributed by atoms with Crippen molar-refractivity contribution in [3.63, 3.8) is 0 Å². The van der Waals surface area contributed by atoms with E-state index in [0.717, 1.165) is 0 Å². The standard InChI is InChI=1S/C11H18N4O7S/c12-4(1-8(17)18)9(19)14-5(2-7(13)16)10(20)15-6(3-23)11(21)22/h4-6,23H,1-3,12H2,(H2,13,16)(H,14,19)(H,15,20)(H,17,18)(H,21,22). The molecule has 0 aromatic rings. The number of hydrogen-bond donors (Lipinski definition) is 7. The highest BCUT2D eigenvalue weighted by atomic mass is 32.1. The fraction of sp³-hybridized carbons (Fsp3) is 0.545. The molecule has 11 nitrogen and oxygen atoms in total. The van der Waals surface area contributed by atoms with Crippen molar-refractivity contribution in [2.75, 3.05) is 5.75 Å². The third kappa shape index (κ3) is 8.01. The average Bonchev–Trinajstić information content (AvgIpc) is 2.41. The molecule has 0 saturated carbocycles. The summed E-state index contributed by atoms with van der Waals surface area (Å²) < 4.78 is 0. The molecule has 0 aromatic heterocycles. The topological polar surface area (TPSA) is 202 Å². The fourth-order valence-corrected chi connectivity index (χ4v) is 1.68. The number of aliphatic carboxylic acids is 2. The molecule has 130 valence electrons. The first-order valence-electron chi connectivity index (χ1n) is 6.28. The van der Waals surface area contributed by atoms with E-state index in [1.54, 1.807) is 0 Å². The van der Waals surface area contributed by atoms with E-state index in [-0.39, 0.29) is 5.75 Å². The molecule has 8 N–H and O–H groups in total. The number of hydrogen-bond acceptors (Lipinski definition) is 7. The van der Waals surface area contributed by atoms with Crippen molar-refractivity contribution in [3.05, 3.63) is 0 Å². The molecule has 3 amide bonds. The number of nitrogens with two attached hydrogens (primary N) is 2. The highest BCUT2D eigenvalue weighted by Gasteiger charge is 2.29. The summed E-state index contributed by atoms with van der Waals surface area (Å²) in [6.45, 7) is 0. The van der Waals surface area contributed by atoms with Gasteiger partial charge in [-0.3, -0.25) is 19.2 Å². The second kappa shape index (κ2) is 9.63. The predicted molar refractivity (Wildman–Crippen MR) is 79.4 cm³/mol. The summed E-state index contributed by atoms with van der Waals surface area (Å²) in [5.41, 5.74) is 10.3. The van der Waals surface area contributed by atoms with Crippen LogP contribution in [-0.4, -0.2) is 63.8 Å². The Hall–Kier alpha value is -2.34. The zero-order valence-corrected chi connectivity index (χ0v) is 12.8. The molecule has 0 aliphatic rings. The highest BCUT2D eigenvalue weighted by Crippen LogP contribution is 1.98. The van der Waals surface area contributed by atoms with Crippen LogP contribution in [0.5, 0.6) is 0 Å². The van der Waals surface area contributed by atoms with E-state index in [4.69, 9.17) is 21.7 Å². The van der Waals surface area contributed by atoms with E-state index in [0.29, 0.717) is 0 Å². The molecule has 0 aromatic carbocycles. The van der Waals surface area contributed by atoms with Crippen LogP contribution in [0.25, 0.3) is 0 Å². The van der Waals surface area contributed by atoms with Gasteiger partial charge in [0.25, 0.3) is 0 Å². The third-order valence-corrected chi connectivity index (χ3v) is 2.93. The van der Waals surface area contributed by atoms with Gasteiger partial charge in [0, 0.05) is 5.75 Å². The Kier molecular flexibility index (Phi) is 8.65. The highest BCUT2D eigenvalue weighted by molar-refractivity contribution is 7.80. The van der Waals surface area contributed by atoms with Gasteiger partial charge < -0.3 is 32.3 Å². The number of rotatable bonds is 10. The Morgan fingerprint density at radius 1 is 0.957 bits per heavy atom. The Morgan fingerprint density at radius 3 is 1.87 bits per heavy atom. The van der Waals surface area contributed by atoms with Crippen molar-refractivity contribution in [1.82, 2.24) is 10.6 Å². The second-order valence-electron chi connectivity index (χ2n) is 4.52. The lowest BCUT2D eigenvalue weighted by molar-refractivity contribution is -0.142. The van der Waals surface area contributed by atoms with E-state index in [1.165, 1.54) is 0 Å². The molecule has 0 aliphatic carbocycles. The minimum absolute atomic E-state index is 0.225. The van der Waals surface area contributed by atoms with Gasteiger partial charge in [-0.1, -0.05) is 0 Å². The molecule has 0 bridgehead atoms. The molecule has 3 unspecified atom stereocenters. The van der Waals surface area contributed by atoms with E-state index < -0.39 is 60.6 Å². The molecule has 0 aliphatic heterocycles. The lowest BCUT2D eigenvalue weighted by Gasteiger charge is -2.21. The van der Waals surface area contributed by atoms with Crippen molar-refractivity contribution in [2.45, 2.75) is 31.0 Å². The van der Waals surface area contributed by atoms with Gasteiger partial charge in [-0.05, 0) is 0 Å². The van der Waals surface area contributed by atoms with Crippen LogP contribution in [0, 0.1) is 0 Å². The van der Waals surface area contributed by atoms with Crippen LogP contribution >= 0.6 is 12.6 Å².